The molecule has 1 amide bonds. The van der Waals surface area contributed by atoms with E-state index in [-0.39, 0.29) is 18.5 Å². The minimum absolute atomic E-state index is 0.0841. The zero-order valence-electron chi connectivity index (χ0n) is 16.4. The van der Waals surface area contributed by atoms with Crippen molar-refractivity contribution in [3.63, 3.8) is 0 Å². The first kappa shape index (κ1) is 19.7. The van der Waals surface area contributed by atoms with E-state index in [2.05, 4.69) is 25.8 Å². The van der Waals surface area contributed by atoms with Crippen molar-refractivity contribution in [1.82, 2.24) is 25.8 Å². The fourth-order valence-corrected chi connectivity index (χ4v) is 4.61. The lowest BCUT2D eigenvalue weighted by Crippen LogP contribution is -2.49. The topological polar surface area (TPSA) is 92.9 Å². The smallest absolute Gasteiger partial charge is 0.234 e. The average Bonchev–Trinajstić information content (AvgIpc) is 3.44. The van der Waals surface area contributed by atoms with Crippen LogP contribution in [0.15, 0.2) is 46.4 Å². The maximum Gasteiger partial charge on any atom is 0.234 e. The molecular formula is C21H25N5O2S. The fraction of sp³-hybridized carbons (Fsp3) is 0.429. The van der Waals surface area contributed by atoms with Gasteiger partial charge in [-0.15, -0.1) is 11.3 Å². The molecule has 1 unspecified atom stereocenters. The number of nitrogens with zero attached hydrogens (tertiary/aromatic N) is 3. The second-order valence-electron chi connectivity index (χ2n) is 7.41. The molecule has 1 aliphatic carbocycles. The zero-order chi connectivity index (χ0) is 20.1. The van der Waals surface area contributed by atoms with Crippen LogP contribution in [-0.4, -0.2) is 27.6 Å². The van der Waals surface area contributed by atoms with E-state index in [1.165, 1.54) is 17.8 Å². The summed E-state index contributed by atoms with van der Waals surface area (Å²) in [6, 6.07) is 9.65. The number of aromatic nitrogens is 3. The third-order valence-electron chi connectivity index (χ3n) is 5.39. The number of aryl methyl sites for hydroxylation is 1. The van der Waals surface area contributed by atoms with Crippen LogP contribution in [0.1, 0.15) is 60.4 Å². The van der Waals surface area contributed by atoms with E-state index in [0.29, 0.717) is 11.7 Å². The molecule has 1 atom stereocenters. The molecule has 4 rings (SSSR count). The summed E-state index contributed by atoms with van der Waals surface area (Å²) in [4.78, 5) is 21.7. The van der Waals surface area contributed by atoms with Crippen LogP contribution in [0.3, 0.4) is 0 Å². The molecule has 2 heterocycles. The van der Waals surface area contributed by atoms with Crippen LogP contribution in [0.2, 0.25) is 0 Å². The van der Waals surface area contributed by atoms with Crippen molar-refractivity contribution < 1.29 is 9.32 Å². The first-order valence-electron chi connectivity index (χ1n) is 9.96. The van der Waals surface area contributed by atoms with Crippen molar-refractivity contribution in [2.75, 3.05) is 6.54 Å². The number of hydrogen-bond acceptors (Lipinski definition) is 7. The molecule has 0 bridgehead atoms. The highest BCUT2D eigenvalue weighted by molar-refractivity contribution is 7.09. The number of hydrogen-bond donors (Lipinski definition) is 2. The normalized spacial score (nSPS) is 17.0. The molecule has 8 heteroatoms. The molecule has 2 N–H and O–H groups in total. The van der Waals surface area contributed by atoms with Gasteiger partial charge in [0.2, 0.25) is 11.8 Å². The second-order valence-corrected chi connectivity index (χ2v) is 8.34. The van der Waals surface area contributed by atoms with Crippen molar-refractivity contribution in [1.29, 1.82) is 0 Å². The Morgan fingerprint density at radius 1 is 1.24 bits per heavy atom. The van der Waals surface area contributed by atoms with Gasteiger partial charge in [-0.25, -0.2) is 4.98 Å². The van der Waals surface area contributed by atoms with Crippen molar-refractivity contribution in [3.05, 3.63) is 64.2 Å². The number of rotatable bonds is 7. The number of carbonyl (C=O) groups is 1. The third kappa shape index (κ3) is 4.54. The van der Waals surface area contributed by atoms with Crippen LogP contribution in [0, 0.1) is 6.92 Å². The van der Waals surface area contributed by atoms with Gasteiger partial charge in [0.1, 0.15) is 11.0 Å². The quantitative estimate of drug-likeness (QED) is 0.618. The van der Waals surface area contributed by atoms with E-state index in [1.54, 1.807) is 13.1 Å². The molecule has 2 aromatic heterocycles. The van der Waals surface area contributed by atoms with Crippen molar-refractivity contribution in [2.45, 2.75) is 50.6 Å². The summed E-state index contributed by atoms with van der Waals surface area (Å²) in [5, 5.41) is 13.5. The first-order valence-corrected chi connectivity index (χ1v) is 10.8. The van der Waals surface area contributed by atoms with Gasteiger partial charge < -0.3 is 9.84 Å². The van der Waals surface area contributed by atoms with E-state index < -0.39 is 5.54 Å². The van der Waals surface area contributed by atoms with E-state index in [0.717, 1.165) is 36.3 Å². The number of amides is 1. The molecule has 0 aliphatic heterocycles. The summed E-state index contributed by atoms with van der Waals surface area (Å²) in [5.74, 6) is 1.12. The summed E-state index contributed by atoms with van der Waals surface area (Å²) in [7, 11) is 0. The van der Waals surface area contributed by atoms with Gasteiger partial charge in [-0.05, 0) is 18.4 Å². The van der Waals surface area contributed by atoms with Crippen LogP contribution in [-0.2, 0) is 10.3 Å². The average molecular weight is 412 g/mol. The standard InChI is InChI=1S/C21H25N5O2S/c1-15-24-20(26-28-15)21(10-6-3-7-11-21)23-14-17(27)25-18(19-22-12-13-29-19)16-8-4-2-5-9-16/h2,4-5,8-9,12-13,18,23H,3,6-7,10-11,14H2,1H3,(H,25,27). The highest BCUT2D eigenvalue weighted by Crippen LogP contribution is 2.35. The highest BCUT2D eigenvalue weighted by atomic mass is 32.1. The lowest BCUT2D eigenvalue weighted by Gasteiger charge is -2.35. The van der Waals surface area contributed by atoms with Gasteiger partial charge in [0.05, 0.1) is 12.1 Å². The Morgan fingerprint density at radius 3 is 2.69 bits per heavy atom. The van der Waals surface area contributed by atoms with Gasteiger partial charge in [-0.1, -0.05) is 54.8 Å². The summed E-state index contributed by atoms with van der Waals surface area (Å²) >= 11 is 1.53. The monoisotopic (exact) mass is 411 g/mol. The van der Waals surface area contributed by atoms with E-state index in [1.807, 2.05) is 35.7 Å². The van der Waals surface area contributed by atoms with E-state index in [9.17, 15) is 4.79 Å². The predicted octanol–water partition coefficient (Wildman–Crippen LogP) is 3.49. The summed E-state index contributed by atoms with van der Waals surface area (Å²) < 4.78 is 5.21. The number of carbonyl (C=O) groups excluding carboxylic acids is 1. The van der Waals surface area contributed by atoms with E-state index in [4.69, 9.17) is 4.52 Å². The molecule has 0 saturated heterocycles. The summed E-state index contributed by atoms with van der Waals surface area (Å²) in [5.41, 5.74) is 0.605. The van der Waals surface area contributed by atoms with Gasteiger partial charge in [-0.3, -0.25) is 10.1 Å². The summed E-state index contributed by atoms with van der Waals surface area (Å²) in [6.07, 6.45) is 6.89. The minimum atomic E-state index is -0.406. The molecular weight excluding hydrogens is 386 g/mol. The van der Waals surface area contributed by atoms with E-state index >= 15 is 0 Å². The van der Waals surface area contributed by atoms with Crippen LogP contribution in [0.4, 0.5) is 0 Å². The number of nitrogens with one attached hydrogen (secondary N) is 2. The van der Waals surface area contributed by atoms with Crippen LogP contribution >= 0.6 is 11.3 Å². The molecule has 29 heavy (non-hydrogen) atoms. The Hall–Kier alpha value is -2.58. The molecule has 152 valence electrons. The van der Waals surface area contributed by atoms with Crippen LogP contribution in [0.25, 0.3) is 0 Å². The Morgan fingerprint density at radius 2 is 2.03 bits per heavy atom. The second kappa shape index (κ2) is 8.84. The van der Waals surface area contributed by atoms with Gasteiger partial charge in [-0.2, -0.15) is 4.98 Å². The first-order chi connectivity index (χ1) is 14.2. The zero-order valence-corrected chi connectivity index (χ0v) is 17.2. The maximum absolute atomic E-state index is 12.9. The molecule has 0 radical (unpaired) electrons. The number of benzene rings is 1. The SMILES string of the molecule is Cc1nc(C2(NCC(=O)NC(c3ccccc3)c3nccs3)CCCCC2)no1. The van der Waals surface area contributed by atoms with Crippen molar-refractivity contribution >= 4 is 17.2 Å². The van der Waals surface area contributed by atoms with Gasteiger partial charge in [0.25, 0.3) is 0 Å². The molecule has 1 fully saturated rings. The molecule has 7 nitrogen and oxygen atoms in total. The predicted molar refractivity (Wildman–Crippen MR) is 110 cm³/mol. The lowest BCUT2D eigenvalue weighted by molar-refractivity contribution is -0.121. The Bertz CT molecular complexity index is 920. The van der Waals surface area contributed by atoms with Gasteiger partial charge in [0.15, 0.2) is 5.82 Å². The summed E-state index contributed by atoms with van der Waals surface area (Å²) in [6.45, 7) is 1.97. The Kier molecular flexibility index (Phi) is 6.01. The highest BCUT2D eigenvalue weighted by Gasteiger charge is 2.38. The Labute approximate surface area is 173 Å². The van der Waals surface area contributed by atoms with Gasteiger partial charge in [0, 0.05) is 18.5 Å². The van der Waals surface area contributed by atoms with Crippen LogP contribution < -0.4 is 10.6 Å². The number of thiazole rings is 1. The maximum atomic E-state index is 12.9. The Balaban J connectivity index is 1.47. The molecule has 0 spiro atoms. The van der Waals surface area contributed by atoms with Crippen molar-refractivity contribution in [3.8, 4) is 0 Å². The van der Waals surface area contributed by atoms with Crippen molar-refractivity contribution in [2.24, 2.45) is 0 Å². The largest absolute Gasteiger partial charge is 0.342 e. The van der Waals surface area contributed by atoms with Gasteiger partial charge >= 0.3 is 0 Å². The molecule has 1 aliphatic rings. The third-order valence-corrected chi connectivity index (χ3v) is 6.23. The molecule has 3 aromatic rings. The molecule has 1 aromatic carbocycles. The van der Waals surface area contributed by atoms with Crippen LogP contribution in [0.5, 0.6) is 0 Å². The fourth-order valence-electron chi connectivity index (χ4n) is 3.90. The minimum Gasteiger partial charge on any atom is -0.342 e. The molecule has 1 saturated carbocycles. The lowest BCUT2D eigenvalue weighted by atomic mass is 9.81.